The predicted molar refractivity (Wildman–Crippen MR) is 101 cm³/mol. The van der Waals surface area contributed by atoms with Crippen molar-refractivity contribution >= 4 is 21.6 Å². The van der Waals surface area contributed by atoms with Crippen LogP contribution >= 0.6 is 0 Å². The molecule has 0 aliphatic carbocycles. The minimum atomic E-state index is -3.68. The monoisotopic (exact) mass is 389 g/mol. The van der Waals surface area contributed by atoms with Crippen LogP contribution < -0.4 is 9.62 Å². The van der Waals surface area contributed by atoms with Crippen LogP contribution in [0.3, 0.4) is 0 Å². The fraction of sp³-hybridized carbons (Fsp3) is 0.421. The zero-order valence-corrected chi connectivity index (χ0v) is 16.0. The summed E-state index contributed by atoms with van der Waals surface area (Å²) in [6.07, 6.45) is 4.06. The van der Waals surface area contributed by atoms with Gasteiger partial charge in [-0.25, -0.2) is 13.1 Å². The molecule has 1 saturated heterocycles. The Morgan fingerprint density at radius 2 is 2.00 bits per heavy atom. The van der Waals surface area contributed by atoms with Gasteiger partial charge in [0.25, 0.3) is 0 Å². The van der Waals surface area contributed by atoms with E-state index in [4.69, 9.17) is 4.42 Å². The Bertz CT molecular complexity index is 934. The Morgan fingerprint density at radius 3 is 2.70 bits per heavy atom. The molecule has 2 aromatic rings. The molecule has 27 heavy (non-hydrogen) atoms. The molecule has 7 nitrogen and oxygen atoms in total. The third-order valence-electron chi connectivity index (χ3n) is 5.36. The fourth-order valence-corrected chi connectivity index (χ4v) is 4.92. The second-order valence-corrected chi connectivity index (χ2v) is 8.81. The number of amides is 1. The van der Waals surface area contributed by atoms with Crippen LogP contribution in [0.15, 0.2) is 45.9 Å². The summed E-state index contributed by atoms with van der Waals surface area (Å²) in [5, 5.41) is 0. The highest BCUT2D eigenvalue weighted by atomic mass is 32.2. The second kappa shape index (κ2) is 7.10. The smallest absolute Gasteiger partial charge is 0.240 e. The third-order valence-corrected chi connectivity index (χ3v) is 6.78. The number of nitrogens with zero attached hydrogens (tertiary/aromatic N) is 2. The summed E-state index contributed by atoms with van der Waals surface area (Å²) >= 11 is 0. The van der Waals surface area contributed by atoms with Gasteiger partial charge in [-0.15, -0.1) is 0 Å². The summed E-state index contributed by atoms with van der Waals surface area (Å²) in [6, 6.07) is 8.42. The first-order chi connectivity index (χ1) is 13.0. The van der Waals surface area contributed by atoms with Gasteiger partial charge in [0.15, 0.2) is 0 Å². The molecule has 144 valence electrons. The number of benzene rings is 1. The van der Waals surface area contributed by atoms with E-state index < -0.39 is 10.0 Å². The molecular formula is C19H23N3O4S. The Hall–Kier alpha value is -2.16. The van der Waals surface area contributed by atoms with Crippen LogP contribution in [0.4, 0.5) is 5.69 Å². The number of furan rings is 1. The number of fused-ring (bicyclic) bond motifs is 1. The Morgan fingerprint density at radius 1 is 1.22 bits per heavy atom. The van der Waals surface area contributed by atoms with Crippen molar-refractivity contribution in [3.63, 3.8) is 0 Å². The number of carbonyl (C=O) groups excluding carboxylic acids is 1. The van der Waals surface area contributed by atoms with Gasteiger partial charge in [-0.1, -0.05) is 0 Å². The molecule has 0 saturated carbocycles. The van der Waals surface area contributed by atoms with E-state index in [1.807, 2.05) is 12.1 Å². The van der Waals surface area contributed by atoms with Crippen LogP contribution in [-0.2, 0) is 21.2 Å². The average Bonchev–Trinajstić information content (AvgIpc) is 3.39. The number of anilines is 1. The zero-order valence-electron chi connectivity index (χ0n) is 15.2. The van der Waals surface area contributed by atoms with Crippen LogP contribution in [-0.4, -0.2) is 45.9 Å². The molecule has 2 aliphatic rings. The van der Waals surface area contributed by atoms with Crippen molar-refractivity contribution in [1.82, 2.24) is 9.62 Å². The normalized spacial score (nSPS) is 18.9. The van der Waals surface area contributed by atoms with Crippen molar-refractivity contribution in [3.8, 4) is 0 Å². The van der Waals surface area contributed by atoms with Crippen LogP contribution in [0.25, 0.3) is 0 Å². The van der Waals surface area contributed by atoms with Gasteiger partial charge in [0.2, 0.25) is 15.9 Å². The Balaban J connectivity index is 1.53. The molecule has 0 bridgehead atoms. The highest BCUT2D eigenvalue weighted by Gasteiger charge is 2.29. The van der Waals surface area contributed by atoms with Crippen molar-refractivity contribution in [2.24, 2.45) is 0 Å². The van der Waals surface area contributed by atoms with E-state index in [1.54, 1.807) is 36.4 Å². The molecule has 1 aromatic carbocycles. The molecule has 8 heteroatoms. The molecule has 0 radical (unpaired) electrons. The van der Waals surface area contributed by atoms with Crippen LogP contribution in [0.1, 0.15) is 30.2 Å². The average molecular weight is 389 g/mol. The van der Waals surface area contributed by atoms with Gasteiger partial charge in [0.05, 0.1) is 23.6 Å². The summed E-state index contributed by atoms with van der Waals surface area (Å²) in [5.41, 5.74) is 1.51. The second-order valence-electron chi connectivity index (χ2n) is 7.05. The zero-order chi connectivity index (χ0) is 19.0. The van der Waals surface area contributed by atoms with Crippen LogP contribution in [0.5, 0.6) is 0 Å². The molecule has 1 atom stereocenters. The standard InChI is InChI=1S/C19H23N3O4S/c1-21-16-7-6-15(11-14(16)12-19(21)23)27(24,25)20-13-17(18-5-4-10-26-18)22-8-2-3-9-22/h4-7,10-11,17,20H,2-3,8-9,12-13H2,1H3. The van der Waals surface area contributed by atoms with E-state index in [0.29, 0.717) is 0 Å². The lowest BCUT2D eigenvalue weighted by Gasteiger charge is -2.26. The number of carbonyl (C=O) groups is 1. The number of likely N-dealkylation sites (tertiary alicyclic amines) is 1. The van der Waals surface area contributed by atoms with Crippen molar-refractivity contribution < 1.29 is 17.6 Å². The number of hydrogen-bond acceptors (Lipinski definition) is 5. The Kier molecular flexibility index (Phi) is 4.79. The SMILES string of the molecule is CN1C(=O)Cc2cc(S(=O)(=O)NCC(c3ccco3)N3CCCC3)ccc21. The lowest BCUT2D eigenvalue weighted by molar-refractivity contribution is -0.117. The van der Waals surface area contributed by atoms with E-state index in [9.17, 15) is 13.2 Å². The fourth-order valence-electron chi connectivity index (χ4n) is 3.83. The van der Waals surface area contributed by atoms with Gasteiger partial charge in [-0.05, 0) is 61.8 Å². The number of rotatable bonds is 6. The van der Waals surface area contributed by atoms with E-state index in [2.05, 4.69) is 9.62 Å². The molecule has 1 unspecified atom stereocenters. The molecular weight excluding hydrogens is 366 g/mol. The molecule has 1 amide bonds. The van der Waals surface area contributed by atoms with Crippen LogP contribution in [0, 0.1) is 0 Å². The highest BCUT2D eigenvalue weighted by Crippen LogP contribution is 2.30. The van der Waals surface area contributed by atoms with Crippen molar-refractivity contribution in [2.45, 2.75) is 30.2 Å². The molecule has 0 spiro atoms. The number of sulfonamides is 1. The van der Waals surface area contributed by atoms with E-state index in [-0.39, 0.29) is 29.8 Å². The largest absolute Gasteiger partial charge is 0.468 e. The van der Waals surface area contributed by atoms with E-state index in [0.717, 1.165) is 42.9 Å². The van der Waals surface area contributed by atoms with Crippen molar-refractivity contribution in [2.75, 3.05) is 31.6 Å². The van der Waals surface area contributed by atoms with Crippen molar-refractivity contribution in [1.29, 1.82) is 0 Å². The van der Waals surface area contributed by atoms with Gasteiger partial charge in [0.1, 0.15) is 5.76 Å². The quantitative estimate of drug-likeness (QED) is 0.816. The Labute approximate surface area is 159 Å². The summed E-state index contributed by atoms with van der Waals surface area (Å²) in [5.74, 6) is 0.736. The minimum Gasteiger partial charge on any atom is -0.468 e. The maximum absolute atomic E-state index is 12.8. The van der Waals surface area contributed by atoms with Gasteiger partial charge in [-0.2, -0.15) is 0 Å². The minimum absolute atomic E-state index is 0.0283. The summed E-state index contributed by atoms with van der Waals surface area (Å²) < 4.78 is 33.9. The molecule has 1 N–H and O–H groups in total. The van der Waals surface area contributed by atoms with Gasteiger partial charge in [-0.3, -0.25) is 9.69 Å². The van der Waals surface area contributed by atoms with E-state index >= 15 is 0 Å². The van der Waals surface area contributed by atoms with Crippen molar-refractivity contribution in [3.05, 3.63) is 47.9 Å². The first-order valence-electron chi connectivity index (χ1n) is 9.12. The maximum atomic E-state index is 12.8. The topological polar surface area (TPSA) is 82.9 Å². The maximum Gasteiger partial charge on any atom is 0.240 e. The van der Waals surface area contributed by atoms with Gasteiger partial charge >= 0.3 is 0 Å². The molecule has 1 aromatic heterocycles. The molecule has 2 aliphatic heterocycles. The van der Waals surface area contributed by atoms with E-state index in [1.165, 1.54) is 0 Å². The molecule has 3 heterocycles. The summed E-state index contributed by atoms with van der Waals surface area (Å²) in [4.78, 5) is 15.8. The molecule has 1 fully saturated rings. The predicted octanol–water partition coefficient (Wildman–Crippen LogP) is 1.91. The summed E-state index contributed by atoms with van der Waals surface area (Å²) in [7, 11) is -1.98. The van der Waals surface area contributed by atoms with Gasteiger partial charge < -0.3 is 9.32 Å². The van der Waals surface area contributed by atoms with Gasteiger partial charge in [0, 0.05) is 19.3 Å². The highest BCUT2D eigenvalue weighted by molar-refractivity contribution is 7.89. The van der Waals surface area contributed by atoms with Crippen LogP contribution in [0.2, 0.25) is 0 Å². The first-order valence-corrected chi connectivity index (χ1v) is 10.6. The number of nitrogens with one attached hydrogen (secondary N) is 1. The third kappa shape index (κ3) is 3.52. The number of likely N-dealkylation sites (N-methyl/N-ethyl adjacent to an activating group) is 1. The lowest BCUT2D eigenvalue weighted by Crippen LogP contribution is -2.36. The number of hydrogen-bond donors (Lipinski definition) is 1. The summed E-state index contributed by atoms with van der Waals surface area (Å²) in [6.45, 7) is 2.10. The lowest BCUT2D eigenvalue weighted by atomic mass is 10.2. The molecule has 4 rings (SSSR count). The first kappa shape index (κ1) is 18.2.